The molecular formula is C51H49ClN6O11S2. The molecule has 3 saturated heterocycles. The van der Waals surface area contributed by atoms with Crippen LogP contribution in [-0.4, -0.2) is 101 Å². The molecule has 2 bridgehead atoms. The van der Waals surface area contributed by atoms with E-state index in [4.69, 9.17) is 30.8 Å². The molecule has 368 valence electrons. The van der Waals surface area contributed by atoms with Crippen molar-refractivity contribution in [1.29, 1.82) is 0 Å². The lowest BCUT2D eigenvalue weighted by atomic mass is 9.78. The zero-order chi connectivity index (χ0) is 49.7. The van der Waals surface area contributed by atoms with Gasteiger partial charge in [-0.25, -0.2) is 18.0 Å². The third-order valence-corrected chi connectivity index (χ3v) is 18.5. The van der Waals surface area contributed by atoms with Crippen LogP contribution < -0.4 is 25.2 Å². The molecule has 6 heterocycles. The molecule has 17 nitrogen and oxygen atoms in total. The summed E-state index contributed by atoms with van der Waals surface area (Å²) >= 11 is 7.44. The lowest BCUT2D eigenvalue weighted by molar-refractivity contribution is -0.139. The number of carbonyl (C=O) groups excluding carboxylic acids is 3. The summed E-state index contributed by atoms with van der Waals surface area (Å²) in [5.74, 6) is -3.15. The van der Waals surface area contributed by atoms with Crippen LogP contribution in [0.15, 0.2) is 77.2 Å². The van der Waals surface area contributed by atoms with Crippen molar-refractivity contribution >= 4 is 102 Å². The van der Waals surface area contributed by atoms with E-state index in [1.54, 1.807) is 39.5 Å². The molecule has 1 aliphatic carbocycles. The number of hydrogen-bond acceptors (Lipinski definition) is 13. The molecule has 4 aliphatic heterocycles. The maximum Gasteiger partial charge on any atom is 0.349 e. The van der Waals surface area contributed by atoms with E-state index >= 15 is 0 Å². The number of thiophene rings is 1. The lowest BCUT2D eigenvalue weighted by Crippen LogP contribution is -2.55. The molecule has 4 fully saturated rings. The molecule has 4 N–H and O–H groups in total. The lowest BCUT2D eigenvalue weighted by Gasteiger charge is -2.45. The Morgan fingerprint density at radius 2 is 1.76 bits per heavy atom. The van der Waals surface area contributed by atoms with Crippen LogP contribution in [0.25, 0.3) is 32.3 Å². The number of sulfonamides is 1. The number of fused-ring (bicyclic) bond motifs is 3. The number of imide groups is 1. The third-order valence-electron chi connectivity index (χ3n) is 14.8. The standard InChI is InChI=1S/C51H49ClN6O11S2/c1-51(2)21-31(53-30-6-3-5-27(20-30)45-43(52)44(68-24-40(60)61)46(70-45)49(64)65)17-18-57(51)71(66,67)25-26-9-15-38-35(19-26)54-50(69-38)56-22-28-10-11-29(23-56)41(28)33-12-13-36-42-32(33)7-4-8-34(42)48(63)58(36)37-14-16-39(59)55-47(37)62/h3-9,12-13,15,19-20,28-29,31,37,41,53H,10-11,14,16-18,21-25H2,1-2H3,(H,60,61)(H,64,65)(H,55,59,62). The number of hydrogen-bond donors (Lipinski definition) is 4. The number of anilines is 3. The number of halogens is 1. The van der Waals surface area contributed by atoms with E-state index in [9.17, 15) is 37.5 Å². The van der Waals surface area contributed by atoms with Crippen molar-refractivity contribution in [2.75, 3.05) is 41.4 Å². The fraction of sp³-hybridized carbons (Fsp3) is 0.373. The van der Waals surface area contributed by atoms with E-state index in [1.807, 2.05) is 44.2 Å². The number of nitrogens with zero attached hydrogens (tertiary/aromatic N) is 4. The van der Waals surface area contributed by atoms with Gasteiger partial charge in [0.05, 0.1) is 16.3 Å². The molecule has 3 amide bonds. The minimum atomic E-state index is -3.79. The van der Waals surface area contributed by atoms with E-state index in [-0.39, 0.29) is 64.6 Å². The fourth-order valence-corrected chi connectivity index (χ4v) is 15.3. The summed E-state index contributed by atoms with van der Waals surface area (Å²) < 4.78 is 41.6. The number of piperidine rings is 3. The average Bonchev–Trinajstić information content (AvgIpc) is 4.04. The number of aromatic nitrogens is 1. The number of benzene rings is 4. The molecular weight excluding hydrogens is 972 g/mol. The summed E-state index contributed by atoms with van der Waals surface area (Å²) in [5.41, 5.74) is 4.80. The summed E-state index contributed by atoms with van der Waals surface area (Å²) in [6.07, 6.45) is 3.53. The van der Waals surface area contributed by atoms with Crippen molar-refractivity contribution < 1.29 is 51.8 Å². The number of oxazole rings is 1. The van der Waals surface area contributed by atoms with Crippen molar-refractivity contribution in [2.24, 2.45) is 11.8 Å². The number of carboxylic acids is 2. The van der Waals surface area contributed by atoms with Crippen LogP contribution in [0.3, 0.4) is 0 Å². The summed E-state index contributed by atoms with van der Waals surface area (Å²) in [4.78, 5) is 70.6. The molecule has 5 aliphatic rings. The van der Waals surface area contributed by atoms with Crippen LogP contribution in [-0.2, 0) is 30.2 Å². The Balaban J connectivity index is 0.752. The summed E-state index contributed by atoms with van der Waals surface area (Å²) in [6, 6.07) is 22.1. The number of carboxylic acid groups (broad SMARTS) is 2. The maximum absolute atomic E-state index is 14.2. The maximum atomic E-state index is 14.2. The van der Waals surface area contributed by atoms with E-state index in [0.29, 0.717) is 82.1 Å². The van der Waals surface area contributed by atoms with Gasteiger partial charge in [0.2, 0.25) is 21.8 Å². The van der Waals surface area contributed by atoms with Gasteiger partial charge in [-0.05, 0) is 122 Å². The van der Waals surface area contributed by atoms with Gasteiger partial charge in [-0.1, -0.05) is 48.0 Å². The van der Waals surface area contributed by atoms with Crippen LogP contribution in [0.1, 0.15) is 89.4 Å². The van der Waals surface area contributed by atoms with Crippen LogP contribution in [0.5, 0.6) is 5.75 Å². The molecule has 11 rings (SSSR count). The van der Waals surface area contributed by atoms with E-state index in [0.717, 1.165) is 40.6 Å². The summed E-state index contributed by atoms with van der Waals surface area (Å²) in [5, 5.41) is 26.6. The molecule has 4 unspecified atom stereocenters. The van der Waals surface area contributed by atoms with Crippen molar-refractivity contribution in [3.8, 4) is 16.2 Å². The average molecular weight is 1020 g/mol. The normalized spacial score (nSPS) is 23.1. The molecule has 20 heteroatoms. The van der Waals surface area contributed by atoms with Crippen LogP contribution >= 0.6 is 22.9 Å². The van der Waals surface area contributed by atoms with E-state index in [1.165, 1.54) is 5.56 Å². The van der Waals surface area contributed by atoms with Crippen molar-refractivity contribution in [1.82, 2.24) is 14.6 Å². The predicted molar refractivity (Wildman–Crippen MR) is 267 cm³/mol. The Kier molecular flexibility index (Phi) is 11.6. The second-order valence-corrected chi connectivity index (χ2v) is 23.1. The Hall–Kier alpha value is -6.54. The first-order valence-corrected chi connectivity index (χ1v) is 26.4. The molecule has 0 radical (unpaired) electrons. The molecule has 4 atom stereocenters. The Morgan fingerprint density at radius 1 is 0.986 bits per heavy atom. The highest BCUT2D eigenvalue weighted by Crippen LogP contribution is 2.53. The monoisotopic (exact) mass is 1020 g/mol. The van der Waals surface area contributed by atoms with Crippen LogP contribution in [0.2, 0.25) is 5.02 Å². The van der Waals surface area contributed by atoms with Gasteiger partial charge in [0.15, 0.2) is 22.8 Å². The Bertz CT molecular complexity index is 3340. The molecule has 1 saturated carbocycles. The highest BCUT2D eigenvalue weighted by atomic mass is 35.5. The van der Waals surface area contributed by atoms with E-state index in [2.05, 4.69) is 27.7 Å². The number of amides is 3. The summed E-state index contributed by atoms with van der Waals surface area (Å²) in [6.45, 7) is 4.80. The van der Waals surface area contributed by atoms with Gasteiger partial charge in [0, 0.05) is 54.3 Å². The van der Waals surface area contributed by atoms with Gasteiger partial charge >= 0.3 is 11.9 Å². The van der Waals surface area contributed by atoms with Gasteiger partial charge < -0.3 is 29.6 Å². The van der Waals surface area contributed by atoms with Crippen molar-refractivity contribution in [2.45, 2.75) is 81.7 Å². The highest BCUT2D eigenvalue weighted by Gasteiger charge is 2.47. The fourth-order valence-electron chi connectivity index (χ4n) is 11.9. The number of aromatic carboxylic acids is 1. The van der Waals surface area contributed by atoms with Gasteiger partial charge in [-0.2, -0.15) is 9.29 Å². The second-order valence-electron chi connectivity index (χ2n) is 19.8. The van der Waals surface area contributed by atoms with Crippen molar-refractivity contribution in [3.05, 3.63) is 99.4 Å². The number of aliphatic carboxylic acids is 1. The minimum absolute atomic E-state index is 0.00765. The number of rotatable bonds is 13. The van der Waals surface area contributed by atoms with Crippen LogP contribution in [0.4, 0.5) is 17.4 Å². The third kappa shape index (κ3) is 8.35. The first kappa shape index (κ1) is 46.8. The smallest absolute Gasteiger partial charge is 0.349 e. The Morgan fingerprint density at radius 3 is 2.49 bits per heavy atom. The first-order chi connectivity index (χ1) is 33.9. The van der Waals surface area contributed by atoms with Gasteiger partial charge in [-0.15, -0.1) is 11.3 Å². The quantitative estimate of drug-likeness (QED) is 0.0802. The van der Waals surface area contributed by atoms with Gasteiger partial charge in [0.1, 0.15) is 16.6 Å². The molecule has 4 aromatic carbocycles. The Labute approximate surface area is 416 Å². The topological polar surface area (TPSA) is 229 Å². The van der Waals surface area contributed by atoms with Crippen molar-refractivity contribution in [3.63, 3.8) is 0 Å². The molecule has 71 heavy (non-hydrogen) atoms. The SMILES string of the molecule is CC1(C)CC(Nc2cccc(-c3sc(C(=O)O)c(OCC(=O)O)c3Cl)c2)CCN1S(=O)(=O)Cc1ccc2oc(N3CC4CCC(C3)C4c3ccc4c5c(cccc35)C(=O)N4C3CCC(=O)NC3=O)nc2c1. The molecule has 2 aromatic heterocycles. The highest BCUT2D eigenvalue weighted by molar-refractivity contribution is 7.88. The van der Waals surface area contributed by atoms with E-state index < -0.39 is 46.1 Å². The number of ether oxygens (including phenoxy) is 1. The zero-order valence-electron chi connectivity index (χ0n) is 38.6. The summed E-state index contributed by atoms with van der Waals surface area (Å²) in [7, 11) is -3.79. The first-order valence-electron chi connectivity index (χ1n) is 23.6. The van der Waals surface area contributed by atoms with Gasteiger partial charge in [0.25, 0.3) is 11.9 Å². The molecule has 0 spiro atoms. The predicted octanol–water partition coefficient (Wildman–Crippen LogP) is 8.10. The largest absolute Gasteiger partial charge is 0.479 e. The number of nitrogens with one attached hydrogen (secondary N) is 2. The van der Waals surface area contributed by atoms with Gasteiger partial charge in [-0.3, -0.25) is 24.6 Å². The molecule has 6 aromatic rings. The minimum Gasteiger partial charge on any atom is -0.479 e. The zero-order valence-corrected chi connectivity index (χ0v) is 41.0. The van der Waals surface area contributed by atoms with Crippen LogP contribution in [0, 0.1) is 11.8 Å². The number of carbonyl (C=O) groups is 5. The second kappa shape index (κ2) is 17.6.